The highest BCUT2D eigenvalue weighted by molar-refractivity contribution is 8.00. The summed E-state index contributed by atoms with van der Waals surface area (Å²) in [6.07, 6.45) is 2.42. The normalized spacial score (nSPS) is 33.7. The lowest BCUT2D eigenvalue weighted by atomic mass is 10.1. The van der Waals surface area contributed by atoms with Gasteiger partial charge in [0, 0.05) is 13.0 Å². The van der Waals surface area contributed by atoms with Crippen LogP contribution >= 0.6 is 11.8 Å². The largest absolute Gasteiger partial charge is 0.480 e. The molecule has 3 unspecified atom stereocenters. The van der Waals surface area contributed by atoms with Gasteiger partial charge in [-0.3, -0.25) is 4.79 Å². The summed E-state index contributed by atoms with van der Waals surface area (Å²) in [6.45, 7) is 0.160. The molecule has 2 fully saturated rings. The predicted molar refractivity (Wildman–Crippen MR) is 63.9 cm³/mol. The first-order valence-electron chi connectivity index (χ1n) is 5.92. The summed E-state index contributed by atoms with van der Waals surface area (Å²) in [4.78, 5) is 24.6. The van der Waals surface area contributed by atoms with E-state index < -0.39 is 18.1 Å². The summed E-state index contributed by atoms with van der Waals surface area (Å²) < 4.78 is 0. The first-order valence-corrected chi connectivity index (χ1v) is 6.97. The van der Waals surface area contributed by atoms with Crippen LogP contribution in [0.1, 0.15) is 25.7 Å². The maximum Gasteiger partial charge on any atom is 0.326 e. The van der Waals surface area contributed by atoms with E-state index >= 15 is 0 Å². The van der Waals surface area contributed by atoms with Gasteiger partial charge in [-0.05, 0) is 18.6 Å². The van der Waals surface area contributed by atoms with Crippen molar-refractivity contribution >= 4 is 23.6 Å². The van der Waals surface area contributed by atoms with Gasteiger partial charge in [0.05, 0.1) is 11.4 Å². The molecule has 0 aromatic heterocycles. The fourth-order valence-corrected chi connectivity index (χ4v) is 3.68. The topological polar surface area (TPSA) is 77.8 Å². The molecule has 6 heteroatoms. The molecular formula is C11H17NO4S. The van der Waals surface area contributed by atoms with E-state index in [-0.39, 0.29) is 24.1 Å². The lowest BCUT2D eigenvalue weighted by molar-refractivity contribution is -0.148. The number of amides is 1. The van der Waals surface area contributed by atoms with E-state index in [2.05, 4.69) is 0 Å². The van der Waals surface area contributed by atoms with Crippen molar-refractivity contribution in [1.29, 1.82) is 0 Å². The molecule has 2 N–H and O–H groups in total. The number of hydrogen-bond donors (Lipinski definition) is 2. The number of aliphatic hydroxyl groups excluding tert-OH is 1. The standard InChI is InChI=1S/C11H17NO4S/c13-7-5-8(11(15)16)12(6-7)10(14)9-3-1-2-4-17-9/h7-9,13H,1-6H2,(H,15,16). The summed E-state index contributed by atoms with van der Waals surface area (Å²) in [7, 11) is 0. The van der Waals surface area contributed by atoms with Crippen LogP contribution in [0.4, 0.5) is 0 Å². The number of likely N-dealkylation sites (tertiary alicyclic amines) is 1. The van der Waals surface area contributed by atoms with Gasteiger partial charge in [-0.1, -0.05) is 6.42 Å². The minimum Gasteiger partial charge on any atom is -0.480 e. The Bertz CT molecular complexity index is 317. The van der Waals surface area contributed by atoms with Crippen LogP contribution in [0, 0.1) is 0 Å². The smallest absolute Gasteiger partial charge is 0.326 e. The number of carbonyl (C=O) groups excluding carboxylic acids is 1. The van der Waals surface area contributed by atoms with Gasteiger partial charge in [0.15, 0.2) is 0 Å². The van der Waals surface area contributed by atoms with Crippen molar-refractivity contribution in [1.82, 2.24) is 4.90 Å². The number of thioether (sulfide) groups is 1. The van der Waals surface area contributed by atoms with Crippen LogP contribution in [-0.2, 0) is 9.59 Å². The summed E-state index contributed by atoms with van der Waals surface area (Å²) in [5.74, 6) is -0.167. The van der Waals surface area contributed by atoms with Crippen LogP contribution in [0.5, 0.6) is 0 Å². The molecule has 2 aliphatic rings. The maximum absolute atomic E-state index is 12.2. The number of carboxylic acid groups (broad SMARTS) is 1. The SMILES string of the molecule is O=C(O)C1CC(O)CN1C(=O)C1CCCCS1. The van der Waals surface area contributed by atoms with Crippen molar-refractivity contribution in [3.8, 4) is 0 Å². The second-order valence-electron chi connectivity index (χ2n) is 4.59. The third-order valence-electron chi connectivity index (χ3n) is 3.30. The van der Waals surface area contributed by atoms with Crippen molar-refractivity contribution < 1.29 is 19.8 Å². The summed E-state index contributed by atoms with van der Waals surface area (Å²) >= 11 is 1.61. The van der Waals surface area contributed by atoms with E-state index in [4.69, 9.17) is 5.11 Å². The molecule has 0 radical (unpaired) electrons. The molecule has 2 rings (SSSR count). The second-order valence-corrected chi connectivity index (χ2v) is 5.90. The highest BCUT2D eigenvalue weighted by atomic mass is 32.2. The molecule has 1 amide bonds. The van der Waals surface area contributed by atoms with Crippen molar-refractivity contribution in [3.05, 3.63) is 0 Å². The molecule has 0 aromatic rings. The van der Waals surface area contributed by atoms with Gasteiger partial charge >= 0.3 is 5.97 Å². The number of carboxylic acids is 1. The molecule has 17 heavy (non-hydrogen) atoms. The fourth-order valence-electron chi connectivity index (χ4n) is 2.41. The van der Waals surface area contributed by atoms with Crippen LogP contribution in [0.3, 0.4) is 0 Å². The lowest BCUT2D eigenvalue weighted by Gasteiger charge is -2.28. The van der Waals surface area contributed by atoms with Crippen molar-refractivity contribution in [2.24, 2.45) is 0 Å². The highest BCUT2D eigenvalue weighted by Gasteiger charge is 2.41. The van der Waals surface area contributed by atoms with Crippen LogP contribution in [-0.4, -0.2) is 56.7 Å². The Balaban J connectivity index is 2.04. The van der Waals surface area contributed by atoms with E-state index in [0.29, 0.717) is 0 Å². The minimum absolute atomic E-state index is 0.112. The van der Waals surface area contributed by atoms with Crippen LogP contribution in [0.2, 0.25) is 0 Å². The zero-order chi connectivity index (χ0) is 12.4. The van der Waals surface area contributed by atoms with Crippen molar-refractivity contribution in [2.75, 3.05) is 12.3 Å². The van der Waals surface area contributed by atoms with Crippen LogP contribution in [0.15, 0.2) is 0 Å². The van der Waals surface area contributed by atoms with E-state index in [1.54, 1.807) is 11.8 Å². The van der Waals surface area contributed by atoms with Crippen LogP contribution in [0.25, 0.3) is 0 Å². The number of aliphatic carboxylic acids is 1. The zero-order valence-corrected chi connectivity index (χ0v) is 10.4. The first-order chi connectivity index (χ1) is 8.09. The average Bonchev–Trinajstić information content (AvgIpc) is 2.72. The van der Waals surface area contributed by atoms with Crippen molar-refractivity contribution in [2.45, 2.75) is 43.1 Å². The summed E-state index contributed by atoms with van der Waals surface area (Å²) in [5, 5.41) is 18.4. The molecule has 96 valence electrons. The number of carbonyl (C=O) groups is 2. The van der Waals surface area contributed by atoms with Crippen molar-refractivity contribution in [3.63, 3.8) is 0 Å². The lowest BCUT2D eigenvalue weighted by Crippen LogP contribution is -2.45. The van der Waals surface area contributed by atoms with Gasteiger partial charge < -0.3 is 15.1 Å². The van der Waals surface area contributed by atoms with Crippen LogP contribution < -0.4 is 0 Å². The molecule has 2 saturated heterocycles. The van der Waals surface area contributed by atoms with Gasteiger partial charge in [-0.2, -0.15) is 0 Å². The molecule has 3 atom stereocenters. The second kappa shape index (κ2) is 5.27. The highest BCUT2D eigenvalue weighted by Crippen LogP contribution is 2.29. The fraction of sp³-hybridized carbons (Fsp3) is 0.818. The maximum atomic E-state index is 12.2. The average molecular weight is 259 g/mol. The molecule has 0 saturated carbocycles. The third kappa shape index (κ3) is 2.74. The molecule has 0 spiro atoms. The Morgan fingerprint density at radius 1 is 1.29 bits per heavy atom. The zero-order valence-electron chi connectivity index (χ0n) is 9.54. The summed E-state index contributed by atoms with van der Waals surface area (Å²) in [6, 6.07) is -0.847. The molecule has 2 aliphatic heterocycles. The minimum atomic E-state index is -1.02. The Morgan fingerprint density at radius 2 is 2.06 bits per heavy atom. The van der Waals surface area contributed by atoms with Gasteiger partial charge in [-0.25, -0.2) is 4.79 Å². The van der Waals surface area contributed by atoms with E-state index in [1.807, 2.05) is 0 Å². The van der Waals surface area contributed by atoms with Gasteiger partial charge in [-0.15, -0.1) is 11.8 Å². The Morgan fingerprint density at radius 3 is 2.65 bits per heavy atom. The molecule has 5 nitrogen and oxygen atoms in total. The molecule has 0 aromatic carbocycles. The van der Waals surface area contributed by atoms with Gasteiger partial charge in [0.1, 0.15) is 6.04 Å². The van der Waals surface area contributed by atoms with E-state index in [0.717, 1.165) is 25.0 Å². The quantitative estimate of drug-likeness (QED) is 0.746. The number of aliphatic hydroxyl groups is 1. The first kappa shape index (κ1) is 12.7. The monoisotopic (exact) mass is 259 g/mol. The number of hydrogen-bond acceptors (Lipinski definition) is 4. The van der Waals surface area contributed by atoms with E-state index in [9.17, 15) is 14.7 Å². The molecular weight excluding hydrogens is 242 g/mol. The number of nitrogens with zero attached hydrogens (tertiary/aromatic N) is 1. The predicted octanol–water partition coefficient (Wildman–Crippen LogP) is 0.319. The van der Waals surface area contributed by atoms with Gasteiger partial charge in [0.2, 0.25) is 5.91 Å². The Labute approximate surface area is 104 Å². The Hall–Kier alpha value is -0.750. The third-order valence-corrected chi connectivity index (χ3v) is 4.67. The summed E-state index contributed by atoms with van der Waals surface area (Å²) in [5.41, 5.74) is 0. The van der Waals surface area contributed by atoms with Gasteiger partial charge in [0.25, 0.3) is 0 Å². The molecule has 0 aliphatic carbocycles. The van der Waals surface area contributed by atoms with E-state index in [1.165, 1.54) is 4.90 Å². The molecule has 0 bridgehead atoms. The number of rotatable bonds is 2. The Kier molecular flexibility index (Phi) is 3.93. The number of β-amino-alcohol motifs (C(OH)–C–C–N with tert-alkyl or cyclic N) is 1. The molecule has 2 heterocycles.